The molecule has 8 heteroatoms. The van der Waals surface area contributed by atoms with Crippen molar-refractivity contribution in [1.82, 2.24) is 0 Å². The molecule has 0 radical (unpaired) electrons. The van der Waals surface area contributed by atoms with Gasteiger partial charge in [0.2, 0.25) is 20.0 Å². The van der Waals surface area contributed by atoms with E-state index in [9.17, 15) is 16.8 Å². The van der Waals surface area contributed by atoms with E-state index in [0.717, 1.165) is 6.42 Å². The first kappa shape index (κ1) is 17.8. The molecule has 1 heterocycles. The summed E-state index contributed by atoms with van der Waals surface area (Å²) in [6.45, 7) is 0.460. The van der Waals surface area contributed by atoms with Crippen LogP contribution in [0.4, 0.5) is 11.4 Å². The van der Waals surface area contributed by atoms with Crippen molar-refractivity contribution in [3.05, 3.63) is 60.2 Å². The molecule has 1 aliphatic rings. The van der Waals surface area contributed by atoms with Gasteiger partial charge in [-0.15, -0.1) is 0 Å². The van der Waals surface area contributed by atoms with Crippen molar-refractivity contribution in [1.29, 1.82) is 0 Å². The Hall–Kier alpha value is -2.06. The van der Waals surface area contributed by atoms with Crippen molar-refractivity contribution in [3.8, 4) is 0 Å². The smallest absolute Gasteiger partial charge is 0.236 e. The lowest BCUT2D eigenvalue weighted by Gasteiger charge is -2.28. The third-order valence-corrected chi connectivity index (χ3v) is 7.11. The van der Waals surface area contributed by atoms with E-state index in [1.165, 1.54) is 4.31 Å². The van der Waals surface area contributed by atoms with Crippen molar-refractivity contribution < 1.29 is 16.8 Å². The zero-order valence-electron chi connectivity index (χ0n) is 13.6. The fraction of sp³-hybridized carbons (Fsp3) is 0.294. The van der Waals surface area contributed by atoms with E-state index in [2.05, 4.69) is 4.72 Å². The lowest BCUT2D eigenvalue weighted by molar-refractivity contribution is 0.574. The van der Waals surface area contributed by atoms with Crippen molar-refractivity contribution in [2.75, 3.05) is 21.3 Å². The highest BCUT2D eigenvalue weighted by Gasteiger charge is 2.25. The molecule has 3 rings (SSSR count). The second kappa shape index (κ2) is 7.05. The molecule has 0 aromatic heterocycles. The molecule has 0 atom stereocenters. The van der Waals surface area contributed by atoms with Gasteiger partial charge in [0.25, 0.3) is 0 Å². The Kier molecular flexibility index (Phi) is 5.01. The predicted molar refractivity (Wildman–Crippen MR) is 99.5 cm³/mol. The van der Waals surface area contributed by atoms with Crippen LogP contribution >= 0.6 is 0 Å². The maximum atomic E-state index is 12.2. The van der Waals surface area contributed by atoms with E-state index in [-0.39, 0.29) is 11.5 Å². The second-order valence-electron chi connectivity index (χ2n) is 5.99. The van der Waals surface area contributed by atoms with Crippen molar-refractivity contribution >= 4 is 31.4 Å². The Bertz CT molecular complexity index is 924. The fourth-order valence-corrected chi connectivity index (χ4v) is 5.62. The average Bonchev–Trinajstić information content (AvgIpc) is 2.55. The van der Waals surface area contributed by atoms with Crippen LogP contribution in [0.2, 0.25) is 0 Å². The lowest BCUT2D eigenvalue weighted by Crippen LogP contribution is -2.37. The number of hydrogen-bond acceptors (Lipinski definition) is 4. The standard InChI is InChI=1S/C17H20N2O4S2/c20-24(21,14-15-6-2-1-3-7-15)18-16-8-10-17(11-9-16)19-12-4-5-13-25(19,22)23/h1-3,6-11,18H,4-5,12-14H2. The lowest BCUT2D eigenvalue weighted by atomic mass is 10.2. The van der Waals surface area contributed by atoms with Gasteiger partial charge >= 0.3 is 0 Å². The largest absolute Gasteiger partial charge is 0.283 e. The molecule has 0 saturated carbocycles. The molecule has 0 unspecified atom stereocenters. The number of nitrogens with zero attached hydrogens (tertiary/aromatic N) is 1. The summed E-state index contributed by atoms with van der Waals surface area (Å²) in [5.74, 6) is 0.0363. The van der Waals surface area contributed by atoms with E-state index >= 15 is 0 Å². The molecule has 1 aliphatic heterocycles. The molecule has 1 saturated heterocycles. The Labute approximate surface area is 148 Å². The highest BCUT2D eigenvalue weighted by Crippen LogP contribution is 2.25. The van der Waals surface area contributed by atoms with Gasteiger partial charge in [0.1, 0.15) is 0 Å². The number of anilines is 2. The molecular weight excluding hydrogens is 360 g/mol. The summed E-state index contributed by atoms with van der Waals surface area (Å²) in [7, 11) is -6.80. The molecule has 6 nitrogen and oxygen atoms in total. The predicted octanol–water partition coefficient (Wildman–Crippen LogP) is 2.56. The van der Waals surface area contributed by atoms with Crippen LogP contribution in [0.25, 0.3) is 0 Å². The third-order valence-electron chi connectivity index (χ3n) is 3.98. The first-order chi connectivity index (χ1) is 11.9. The van der Waals surface area contributed by atoms with Crippen LogP contribution in [-0.4, -0.2) is 29.1 Å². The zero-order valence-corrected chi connectivity index (χ0v) is 15.3. The van der Waals surface area contributed by atoms with Gasteiger partial charge in [-0.1, -0.05) is 30.3 Å². The average molecular weight is 380 g/mol. The Morgan fingerprint density at radius 2 is 1.64 bits per heavy atom. The highest BCUT2D eigenvalue weighted by molar-refractivity contribution is 7.92. The van der Waals surface area contributed by atoms with Crippen molar-refractivity contribution in [2.24, 2.45) is 0 Å². The van der Waals surface area contributed by atoms with Crippen LogP contribution < -0.4 is 9.03 Å². The summed E-state index contributed by atoms with van der Waals surface area (Å²) in [6.07, 6.45) is 1.50. The second-order valence-corrected chi connectivity index (χ2v) is 9.72. The van der Waals surface area contributed by atoms with Crippen LogP contribution in [0.5, 0.6) is 0 Å². The zero-order chi connectivity index (χ0) is 17.9. The molecule has 0 bridgehead atoms. The summed E-state index contributed by atoms with van der Waals surface area (Å²) < 4.78 is 52.6. The molecule has 25 heavy (non-hydrogen) atoms. The summed E-state index contributed by atoms with van der Waals surface area (Å²) in [5.41, 5.74) is 1.67. The molecule has 0 spiro atoms. The van der Waals surface area contributed by atoms with E-state index in [0.29, 0.717) is 29.9 Å². The van der Waals surface area contributed by atoms with Crippen LogP contribution in [0, 0.1) is 0 Å². The SMILES string of the molecule is O=S(=O)(Cc1ccccc1)Nc1ccc(N2CCCCS2(=O)=O)cc1. The van der Waals surface area contributed by atoms with Gasteiger partial charge in [-0.25, -0.2) is 16.8 Å². The Morgan fingerprint density at radius 3 is 2.28 bits per heavy atom. The number of sulfonamides is 2. The van der Waals surface area contributed by atoms with E-state index in [1.807, 2.05) is 6.07 Å². The van der Waals surface area contributed by atoms with Gasteiger partial charge in [0.15, 0.2) is 0 Å². The topological polar surface area (TPSA) is 83.6 Å². The molecule has 2 aromatic carbocycles. The molecular formula is C17H20N2O4S2. The first-order valence-electron chi connectivity index (χ1n) is 8.01. The highest BCUT2D eigenvalue weighted by atomic mass is 32.2. The van der Waals surface area contributed by atoms with Gasteiger partial charge in [-0.2, -0.15) is 0 Å². The molecule has 0 amide bonds. The summed E-state index contributed by atoms with van der Waals surface area (Å²) in [6, 6.07) is 15.3. The normalized spacial score (nSPS) is 17.2. The minimum Gasteiger partial charge on any atom is -0.283 e. The van der Waals surface area contributed by atoms with Crippen LogP contribution in [-0.2, 0) is 25.8 Å². The summed E-state index contributed by atoms with van der Waals surface area (Å²) in [5, 5.41) is 0. The van der Waals surface area contributed by atoms with Crippen molar-refractivity contribution in [2.45, 2.75) is 18.6 Å². The van der Waals surface area contributed by atoms with Gasteiger partial charge in [-0.3, -0.25) is 9.03 Å². The quantitative estimate of drug-likeness (QED) is 0.864. The Balaban J connectivity index is 1.72. The number of benzene rings is 2. The number of nitrogens with one attached hydrogen (secondary N) is 1. The monoisotopic (exact) mass is 380 g/mol. The first-order valence-corrected chi connectivity index (χ1v) is 11.3. The van der Waals surface area contributed by atoms with Gasteiger partial charge in [-0.05, 0) is 42.7 Å². The minimum absolute atomic E-state index is 0.115. The van der Waals surface area contributed by atoms with Crippen LogP contribution in [0.1, 0.15) is 18.4 Å². The maximum Gasteiger partial charge on any atom is 0.236 e. The van der Waals surface area contributed by atoms with Gasteiger partial charge in [0.05, 0.1) is 17.2 Å². The molecule has 2 aromatic rings. The molecule has 134 valence electrons. The van der Waals surface area contributed by atoms with E-state index in [4.69, 9.17) is 0 Å². The third kappa shape index (κ3) is 4.52. The van der Waals surface area contributed by atoms with E-state index < -0.39 is 20.0 Å². The Morgan fingerprint density at radius 1 is 0.960 bits per heavy atom. The van der Waals surface area contributed by atoms with Gasteiger partial charge < -0.3 is 0 Å². The van der Waals surface area contributed by atoms with Gasteiger partial charge in [0, 0.05) is 12.2 Å². The molecule has 0 aliphatic carbocycles. The van der Waals surface area contributed by atoms with Crippen molar-refractivity contribution in [3.63, 3.8) is 0 Å². The summed E-state index contributed by atoms with van der Waals surface area (Å²) in [4.78, 5) is 0. The maximum absolute atomic E-state index is 12.2. The number of rotatable bonds is 5. The minimum atomic E-state index is -3.53. The van der Waals surface area contributed by atoms with Crippen LogP contribution in [0.15, 0.2) is 54.6 Å². The van der Waals surface area contributed by atoms with E-state index in [1.54, 1.807) is 48.5 Å². The van der Waals surface area contributed by atoms with Crippen LogP contribution in [0.3, 0.4) is 0 Å². The number of hydrogen-bond donors (Lipinski definition) is 1. The summed E-state index contributed by atoms with van der Waals surface area (Å²) >= 11 is 0. The molecule has 1 N–H and O–H groups in total. The molecule has 1 fully saturated rings. The fourth-order valence-electron chi connectivity index (χ4n) is 2.78.